The van der Waals surface area contributed by atoms with Crippen molar-refractivity contribution in [1.82, 2.24) is 19.7 Å². The van der Waals surface area contributed by atoms with E-state index in [1.165, 1.54) is 16.9 Å². The first-order valence-corrected chi connectivity index (χ1v) is 11.4. The fraction of sp³-hybridized carbons (Fsp3) is 0.263. The Labute approximate surface area is 191 Å². The van der Waals surface area contributed by atoms with E-state index in [-0.39, 0.29) is 29.2 Å². The van der Waals surface area contributed by atoms with E-state index >= 15 is 0 Å². The van der Waals surface area contributed by atoms with Crippen molar-refractivity contribution < 1.29 is 20.4 Å². The first kappa shape index (κ1) is 22.0. The number of benzene rings is 1. The van der Waals surface area contributed by atoms with Crippen LogP contribution < -0.4 is 10.1 Å². The number of halogens is 4. The molecule has 7 nitrogen and oxygen atoms in total. The van der Waals surface area contributed by atoms with Crippen molar-refractivity contribution in [3.8, 4) is 11.7 Å². The number of rotatable bonds is 6. The van der Waals surface area contributed by atoms with Gasteiger partial charge in [0.1, 0.15) is 17.3 Å². The Hall–Kier alpha value is -2.19. The van der Waals surface area contributed by atoms with Crippen molar-refractivity contribution in [2.75, 3.05) is 5.32 Å². The van der Waals surface area contributed by atoms with Crippen LogP contribution in [0.15, 0.2) is 36.7 Å². The number of fused-ring (bicyclic) bond motifs is 1. The molecule has 4 rings (SSSR count). The number of thiol groups is 1. The largest absolute Gasteiger partial charge is 0.431 e. The third-order valence-electron chi connectivity index (χ3n) is 4.83. The van der Waals surface area contributed by atoms with Crippen molar-refractivity contribution in [2.24, 2.45) is 0 Å². The lowest BCUT2D eigenvalue weighted by atomic mass is 9.89. The van der Waals surface area contributed by atoms with E-state index in [0.29, 0.717) is 11.4 Å². The van der Waals surface area contributed by atoms with E-state index in [4.69, 9.17) is 2.51 Å². The van der Waals surface area contributed by atoms with Gasteiger partial charge in [0.15, 0.2) is 5.75 Å². The number of nitrogens with zero attached hydrogens (tertiary/aromatic N) is 4. The highest BCUT2D eigenvalue weighted by molar-refractivity contribution is 14.2. The molecule has 0 bridgehead atoms. The predicted octanol–water partition coefficient (Wildman–Crippen LogP) is 4.57. The Balaban J connectivity index is 1.71. The van der Waals surface area contributed by atoms with Gasteiger partial charge in [-0.05, 0) is 38.4 Å². The molecular formula is C19H17F3IN5O2S. The second-order valence-corrected chi connectivity index (χ2v) is 10.0. The molecule has 0 fully saturated rings. The summed E-state index contributed by atoms with van der Waals surface area (Å²) in [5.41, 5.74) is 0.983. The SMILES string of the molecule is CC1(C)C(=IOS)Nc2nc(-n3cc(OC(F)F)c(Cc4ccccc4F)n3)ncc21. The molecule has 3 aromatic rings. The van der Waals surface area contributed by atoms with Crippen LogP contribution in [0.25, 0.3) is 5.95 Å². The molecule has 0 saturated heterocycles. The van der Waals surface area contributed by atoms with Gasteiger partial charge < -0.3 is 10.1 Å². The molecule has 1 aliphatic heterocycles. The second-order valence-electron chi connectivity index (χ2n) is 7.17. The molecule has 0 amide bonds. The molecule has 0 atom stereocenters. The van der Waals surface area contributed by atoms with Gasteiger partial charge in [-0.2, -0.15) is 18.9 Å². The number of anilines is 1. The summed E-state index contributed by atoms with van der Waals surface area (Å²) in [5.74, 6) is 0.111. The molecular weight excluding hydrogens is 546 g/mol. The number of alkyl halides is 2. The van der Waals surface area contributed by atoms with Crippen molar-refractivity contribution in [1.29, 1.82) is 0 Å². The molecule has 0 spiro atoms. The van der Waals surface area contributed by atoms with Gasteiger partial charge in [0, 0.05) is 23.6 Å². The van der Waals surface area contributed by atoms with Gasteiger partial charge in [0.2, 0.25) is 0 Å². The zero-order valence-corrected chi connectivity index (χ0v) is 19.4. The summed E-state index contributed by atoms with van der Waals surface area (Å²) < 4.78 is 51.7. The van der Waals surface area contributed by atoms with Gasteiger partial charge in [0.05, 0.1) is 31.0 Å². The number of hydrogen-bond acceptors (Lipinski definition) is 7. The summed E-state index contributed by atoms with van der Waals surface area (Å²) in [6.07, 6.45) is 2.89. The summed E-state index contributed by atoms with van der Waals surface area (Å²) in [6.45, 7) is 0.986. The normalized spacial score (nSPS) is 16.2. The Morgan fingerprint density at radius 2 is 2.06 bits per heavy atom. The van der Waals surface area contributed by atoms with E-state index < -0.39 is 33.6 Å². The molecule has 0 aliphatic carbocycles. The standard InChI is InChI=1S/C19H17F3IN5O2S/c1-19(2)11-8-24-18(26-15(11)25-16(19)23-30-31)28-9-14(29-17(21)22)13(27-28)7-10-5-3-4-6-12(10)20/h3-6,8-9,17,31H,7H2,1-2H3,(H,24,25,26). The smallest absolute Gasteiger partial charge is 0.387 e. The summed E-state index contributed by atoms with van der Waals surface area (Å²) in [4.78, 5) is 8.83. The Morgan fingerprint density at radius 3 is 2.77 bits per heavy atom. The fourth-order valence-corrected chi connectivity index (χ4v) is 5.07. The number of aromatic nitrogens is 4. The fourth-order valence-electron chi connectivity index (χ4n) is 3.20. The van der Waals surface area contributed by atoms with Crippen LogP contribution in [0.2, 0.25) is 0 Å². The van der Waals surface area contributed by atoms with Gasteiger partial charge in [-0.3, -0.25) is 2.51 Å². The van der Waals surface area contributed by atoms with E-state index in [9.17, 15) is 13.2 Å². The van der Waals surface area contributed by atoms with E-state index in [1.54, 1.807) is 24.4 Å². The molecule has 2 aromatic heterocycles. The third kappa shape index (κ3) is 4.41. The second kappa shape index (κ2) is 8.74. The average molecular weight is 563 g/mol. The molecule has 3 heterocycles. The Morgan fingerprint density at radius 1 is 1.29 bits per heavy atom. The van der Waals surface area contributed by atoms with Crippen molar-refractivity contribution in [2.45, 2.75) is 32.3 Å². The monoisotopic (exact) mass is 563 g/mol. The van der Waals surface area contributed by atoms with Gasteiger partial charge in [-0.15, -0.1) is 0 Å². The van der Waals surface area contributed by atoms with Crippen LogP contribution in [0.4, 0.5) is 19.0 Å². The van der Waals surface area contributed by atoms with Gasteiger partial charge >= 0.3 is 6.61 Å². The molecule has 0 unspecified atom stereocenters. The van der Waals surface area contributed by atoms with Gasteiger partial charge in [-0.25, -0.2) is 14.1 Å². The van der Waals surface area contributed by atoms with Crippen LogP contribution in [0.5, 0.6) is 5.75 Å². The molecule has 0 saturated carbocycles. The van der Waals surface area contributed by atoms with Crippen molar-refractivity contribution >= 4 is 43.5 Å². The molecule has 12 heteroatoms. The highest BCUT2D eigenvalue weighted by Crippen LogP contribution is 2.39. The summed E-state index contributed by atoms with van der Waals surface area (Å²) in [5, 5.41) is 7.52. The van der Waals surface area contributed by atoms with Crippen LogP contribution in [-0.2, 0) is 14.3 Å². The summed E-state index contributed by atoms with van der Waals surface area (Å²) in [6, 6.07) is 6.06. The van der Waals surface area contributed by atoms with Gasteiger partial charge in [-0.1, -0.05) is 18.2 Å². The molecule has 164 valence electrons. The number of hydrogen-bond donors (Lipinski definition) is 2. The predicted molar refractivity (Wildman–Crippen MR) is 121 cm³/mol. The molecule has 1 N–H and O–H groups in total. The zero-order chi connectivity index (χ0) is 22.2. The van der Waals surface area contributed by atoms with Crippen molar-refractivity contribution in [3.63, 3.8) is 0 Å². The molecule has 31 heavy (non-hydrogen) atoms. The van der Waals surface area contributed by atoms with E-state index in [0.717, 1.165) is 9.20 Å². The summed E-state index contributed by atoms with van der Waals surface area (Å²) in [7, 11) is 0. The molecule has 0 radical (unpaired) electrons. The van der Waals surface area contributed by atoms with Crippen LogP contribution in [-0.4, -0.2) is 30.0 Å². The summed E-state index contributed by atoms with van der Waals surface area (Å²) >= 11 is 3.07. The van der Waals surface area contributed by atoms with Gasteiger partial charge in [0.25, 0.3) is 5.95 Å². The first-order valence-electron chi connectivity index (χ1n) is 9.04. The van der Waals surface area contributed by atoms with Crippen LogP contribution in [0, 0.1) is 5.82 Å². The number of ether oxygens (including phenoxy) is 1. The molecule has 1 aliphatic rings. The maximum absolute atomic E-state index is 14.0. The quantitative estimate of drug-likeness (QED) is 0.260. The lowest BCUT2D eigenvalue weighted by Crippen LogP contribution is -2.25. The van der Waals surface area contributed by atoms with Crippen LogP contribution in [0.3, 0.4) is 0 Å². The Kier molecular flexibility index (Phi) is 6.21. The maximum Gasteiger partial charge on any atom is 0.387 e. The molecule has 1 aromatic carbocycles. The minimum atomic E-state index is -3.05. The van der Waals surface area contributed by atoms with Crippen LogP contribution in [0.1, 0.15) is 30.7 Å². The minimum Gasteiger partial charge on any atom is -0.431 e. The highest BCUT2D eigenvalue weighted by Gasteiger charge is 2.37. The van der Waals surface area contributed by atoms with Crippen LogP contribution >= 0.6 is 34.1 Å². The lowest BCUT2D eigenvalue weighted by molar-refractivity contribution is -0.0504. The lowest BCUT2D eigenvalue weighted by Gasteiger charge is -2.17. The van der Waals surface area contributed by atoms with E-state index in [2.05, 4.69) is 38.0 Å². The Bertz CT molecular complexity index is 1160. The number of nitrogens with one attached hydrogen (secondary N) is 1. The zero-order valence-electron chi connectivity index (χ0n) is 16.3. The first-order chi connectivity index (χ1) is 14.8. The topological polar surface area (TPSA) is 74.1 Å². The average Bonchev–Trinajstić information content (AvgIpc) is 3.21. The van der Waals surface area contributed by atoms with E-state index in [1.807, 2.05) is 13.8 Å². The maximum atomic E-state index is 14.0. The highest BCUT2D eigenvalue weighted by atomic mass is 127. The third-order valence-corrected chi connectivity index (χ3v) is 7.55. The van der Waals surface area contributed by atoms with Crippen molar-refractivity contribution in [3.05, 3.63) is 59.3 Å². The minimum absolute atomic E-state index is 0.0282.